The lowest BCUT2D eigenvalue weighted by molar-refractivity contribution is -0.118. The number of para-hydroxylation sites is 1. The highest BCUT2D eigenvalue weighted by Gasteiger charge is 2.07. The van der Waals surface area contributed by atoms with Gasteiger partial charge in [0.05, 0.1) is 0 Å². The van der Waals surface area contributed by atoms with Crippen LogP contribution in [0.5, 0.6) is 5.75 Å². The van der Waals surface area contributed by atoms with Crippen molar-refractivity contribution in [2.45, 2.75) is 0 Å². The van der Waals surface area contributed by atoms with Crippen molar-refractivity contribution >= 4 is 22.8 Å². The summed E-state index contributed by atoms with van der Waals surface area (Å²) in [6.07, 6.45) is 2.99. The summed E-state index contributed by atoms with van der Waals surface area (Å²) in [6.45, 7) is -0.129. The molecule has 0 spiro atoms. The number of aromatic nitrogens is 4. The molecule has 3 aromatic rings. The summed E-state index contributed by atoms with van der Waals surface area (Å²) in [4.78, 5) is 19.7. The van der Waals surface area contributed by atoms with Crippen LogP contribution in [0, 0.1) is 0 Å². The van der Waals surface area contributed by atoms with Gasteiger partial charge in [-0.25, -0.2) is 5.10 Å². The van der Waals surface area contributed by atoms with E-state index in [1.54, 1.807) is 12.3 Å². The zero-order chi connectivity index (χ0) is 13.8. The highest BCUT2D eigenvalue weighted by atomic mass is 16.5. The van der Waals surface area contributed by atoms with Crippen LogP contribution in [0.4, 0.5) is 5.95 Å². The molecule has 2 aromatic heterocycles. The summed E-state index contributed by atoms with van der Waals surface area (Å²) in [5.74, 6) is 0.528. The van der Waals surface area contributed by atoms with Crippen molar-refractivity contribution in [1.29, 1.82) is 0 Å². The molecule has 0 unspecified atom stereocenters. The summed E-state index contributed by atoms with van der Waals surface area (Å²) >= 11 is 0. The van der Waals surface area contributed by atoms with Crippen LogP contribution in [0.3, 0.4) is 0 Å². The summed E-state index contributed by atoms with van der Waals surface area (Å²) in [7, 11) is 0. The molecule has 2 heterocycles. The SMILES string of the molecule is O=C(COc1cccc2cccnc12)Nc1ncn[nH]1. The van der Waals surface area contributed by atoms with E-state index in [-0.39, 0.29) is 18.5 Å². The van der Waals surface area contributed by atoms with E-state index in [9.17, 15) is 4.79 Å². The quantitative estimate of drug-likeness (QED) is 0.746. The van der Waals surface area contributed by atoms with Crippen LogP contribution in [0.2, 0.25) is 0 Å². The first kappa shape index (κ1) is 12.1. The Hall–Kier alpha value is -2.96. The standard InChI is InChI=1S/C13H11N5O2/c19-11(17-13-15-8-16-18-13)7-20-10-5-1-3-9-4-2-6-14-12(9)10/h1-6,8H,7H2,(H2,15,16,17,18,19). The van der Waals surface area contributed by atoms with E-state index in [4.69, 9.17) is 4.74 Å². The molecule has 100 valence electrons. The van der Waals surface area contributed by atoms with Gasteiger partial charge >= 0.3 is 0 Å². The number of ether oxygens (including phenoxy) is 1. The van der Waals surface area contributed by atoms with E-state index in [0.717, 1.165) is 10.9 Å². The third-order valence-corrected chi connectivity index (χ3v) is 2.63. The molecule has 7 heteroatoms. The van der Waals surface area contributed by atoms with E-state index in [1.165, 1.54) is 6.33 Å². The Bertz CT molecular complexity index is 721. The van der Waals surface area contributed by atoms with Crippen molar-refractivity contribution in [3.8, 4) is 5.75 Å². The molecule has 2 N–H and O–H groups in total. The van der Waals surface area contributed by atoms with Crippen LogP contribution < -0.4 is 10.1 Å². The molecule has 0 aliphatic heterocycles. The highest BCUT2D eigenvalue weighted by Crippen LogP contribution is 2.22. The van der Waals surface area contributed by atoms with Crippen molar-refractivity contribution in [3.05, 3.63) is 42.9 Å². The van der Waals surface area contributed by atoms with Gasteiger partial charge in [0.2, 0.25) is 5.95 Å². The lowest BCUT2D eigenvalue weighted by atomic mass is 10.2. The van der Waals surface area contributed by atoms with Gasteiger partial charge in [-0.2, -0.15) is 10.1 Å². The number of rotatable bonds is 4. The van der Waals surface area contributed by atoms with Gasteiger partial charge in [-0.15, -0.1) is 0 Å². The first-order valence-electron chi connectivity index (χ1n) is 5.95. The molecule has 0 saturated heterocycles. The smallest absolute Gasteiger partial charge is 0.264 e. The van der Waals surface area contributed by atoms with Crippen LogP contribution in [0.25, 0.3) is 10.9 Å². The lowest BCUT2D eigenvalue weighted by Gasteiger charge is -2.07. The minimum atomic E-state index is -0.324. The molecular formula is C13H11N5O2. The minimum absolute atomic E-state index is 0.129. The molecule has 0 aliphatic rings. The minimum Gasteiger partial charge on any atom is -0.481 e. The van der Waals surface area contributed by atoms with Gasteiger partial charge in [-0.1, -0.05) is 18.2 Å². The third kappa shape index (κ3) is 2.56. The number of hydrogen-bond donors (Lipinski definition) is 2. The predicted octanol–water partition coefficient (Wildman–Crippen LogP) is 1.37. The molecule has 0 radical (unpaired) electrons. The molecule has 7 nitrogen and oxygen atoms in total. The Kier molecular flexibility index (Phi) is 3.24. The van der Waals surface area contributed by atoms with Crippen molar-refractivity contribution in [2.75, 3.05) is 11.9 Å². The van der Waals surface area contributed by atoms with Crippen molar-refractivity contribution < 1.29 is 9.53 Å². The van der Waals surface area contributed by atoms with Crippen molar-refractivity contribution in [2.24, 2.45) is 0 Å². The number of H-pyrrole nitrogens is 1. The van der Waals surface area contributed by atoms with Gasteiger partial charge in [0.15, 0.2) is 6.61 Å². The van der Waals surface area contributed by atoms with Crippen LogP contribution >= 0.6 is 0 Å². The molecule has 1 aromatic carbocycles. The van der Waals surface area contributed by atoms with Crippen molar-refractivity contribution in [3.63, 3.8) is 0 Å². The van der Waals surface area contributed by atoms with E-state index in [0.29, 0.717) is 5.75 Å². The van der Waals surface area contributed by atoms with Gasteiger partial charge in [0, 0.05) is 11.6 Å². The molecule has 0 saturated carbocycles. The molecule has 0 aliphatic carbocycles. The number of benzene rings is 1. The maximum atomic E-state index is 11.7. The second kappa shape index (κ2) is 5.35. The topological polar surface area (TPSA) is 92.8 Å². The second-order valence-electron chi connectivity index (χ2n) is 4.00. The first-order chi connectivity index (χ1) is 9.83. The Morgan fingerprint density at radius 1 is 1.25 bits per heavy atom. The third-order valence-electron chi connectivity index (χ3n) is 2.63. The molecule has 0 fully saturated rings. The van der Waals surface area contributed by atoms with E-state index >= 15 is 0 Å². The molecule has 0 bridgehead atoms. The number of fused-ring (bicyclic) bond motifs is 1. The second-order valence-corrected chi connectivity index (χ2v) is 4.00. The number of nitrogens with zero attached hydrogens (tertiary/aromatic N) is 3. The predicted molar refractivity (Wildman–Crippen MR) is 72.3 cm³/mol. The Morgan fingerprint density at radius 2 is 2.15 bits per heavy atom. The highest BCUT2D eigenvalue weighted by molar-refractivity contribution is 5.90. The molecule has 3 rings (SSSR count). The average molecular weight is 269 g/mol. The number of pyridine rings is 1. The summed E-state index contributed by atoms with van der Waals surface area (Å²) < 4.78 is 5.49. The zero-order valence-electron chi connectivity index (χ0n) is 10.4. The number of aromatic amines is 1. The summed E-state index contributed by atoms with van der Waals surface area (Å²) in [5.41, 5.74) is 0.725. The van der Waals surface area contributed by atoms with E-state index in [2.05, 4.69) is 25.5 Å². The largest absolute Gasteiger partial charge is 0.481 e. The monoisotopic (exact) mass is 269 g/mol. The summed E-state index contributed by atoms with van der Waals surface area (Å²) in [6, 6.07) is 9.35. The van der Waals surface area contributed by atoms with Crippen molar-refractivity contribution in [1.82, 2.24) is 20.2 Å². The fraction of sp³-hybridized carbons (Fsp3) is 0.0769. The van der Waals surface area contributed by atoms with Gasteiger partial charge in [-0.3, -0.25) is 15.1 Å². The molecule has 0 atom stereocenters. The number of hydrogen-bond acceptors (Lipinski definition) is 5. The van der Waals surface area contributed by atoms with Crippen LogP contribution in [-0.2, 0) is 4.79 Å². The van der Waals surface area contributed by atoms with Gasteiger partial charge in [0.25, 0.3) is 5.91 Å². The Labute approximate surface area is 114 Å². The Morgan fingerprint density at radius 3 is 3.00 bits per heavy atom. The first-order valence-corrected chi connectivity index (χ1v) is 5.95. The molecular weight excluding hydrogens is 258 g/mol. The lowest BCUT2D eigenvalue weighted by Crippen LogP contribution is -2.21. The van der Waals surface area contributed by atoms with E-state index in [1.807, 2.05) is 24.3 Å². The number of anilines is 1. The Balaban J connectivity index is 1.69. The van der Waals surface area contributed by atoms with Gasteiger partial charge < -0.3 is 4.74 Å². The fourth-order valence-electron chi connectivity index (χ4n) is 1.77. The number of carbonyl (C=O) groups is 1. The maximum Gasteiger partial charge on any atom is 0.264 e. The maximum absolute atomic E-state index is 11.7. The zero-order valence-corrected chi connectivity index (χ0v) is 10.4. The van der Waals surface area contributed by atoms with E-state index < -0.39 is 0 Å². The van der Waals surface area contributed by atoms with Crippen LogP contribution in [-0.4, -0.2) is 32.7 Å². The fourth-order valence-corrected chi connectivity index (χ4v) is 1.77. The van der Waals surface area contributed by atoms with Gasteiger partial charge in [-0.05, 0) is 12.1 Å². The summed E-state index contributed by atoms with van der Waals surface area (Å²) in [5, 5.41) is 9.65. The normalized spacial score (nSPS) is 10.4. The molecule has 20 heavy (non-hydrogen) atoms. The number of nitrogens with one attached hydrogen (secondary N) is 2. The average Bonchev–Trinajstić information content (AvgIpc) is 2.98. The number of carbonyl (C=O) groups excluding carboxylic acids is 1. The van der Waals surface area contributed by atoms with Crippen LogP contribution in [0.1, 0.15) is 0 Å². The number of amides is 1. The molecule has 1 amide bonds. The van der Waals surface area contributed by atoms with Gasteiger partial charge in [0.1, 0.15) is 17.6 Å². The van der Waals surface area contributed by atoms with Crippen LogP contribution in [0.15, 0.2) is 42.9 Å².